The van der Waals surface area contributed by atoms with Gasteiger partial charge in [0.2, 0.25) is 5.13 Å². The van der Waals surface area contributed by atoms with Gasteiger partial charge in [0, 0.05) is 30.8 Å². The SMILES string of the molecule is CCCNC(=O)c1ccc(C)c(NC(=O)NCCc2nnc(N)s2)c1. The van der Waals surface area contributed by atoms with Crippen LogP contribution >= 0.6 is 11.3 Å². The lowest BCUT2D eigenvalue weighted by Crippen LogP contribution is -2.31. The zero-order chi connectivity index (χ0) is 18.2. The van der Waals surface area contributed by atoms with Crippen molar-refractivity contribution in [3.05, 3.63) is 34.3 Å². The largest absolute Gasteiger partial charge is 0.374 e. The standard InChI is InChI=1S/C16H22N6O2S/c1-3-7-18-14(23)11-5-4-10(2)12(9-11)20-16(24)19-8-6-13-21-22-15(17)25-13/h4-5,9H,3,6-8H2,1-2H3,(H2,17,22)(H,18,23)(H2,19,20,24). The number of nitrogens with zero attached hydrogens (tertiary/aromatic N) is 2. The summed E-state index contributed by atoms with van der Waals surface area (Å²) in [6.07, 6.45) is 1.42. The summed E-state index contributed by atoms with van der Waals surface area (Å²) in [5.41, 5.74) is 7.50. The molecular formula is C16H22N6O2S. The molecule has 0 spiro atoms. The summed E-state index contributed by atoms with van der Waals surface area (Å²) in [5.74, 6) is -0.154. The van der Waals surface area contributed by atoms with Crippen molar-refractivity contribution in [1.29, 1.82) is 0 Å². The number of hydrogen-bond acceptors (Lipinski definition) is 6. The molecule has 0 atom stereocenters. The second-order valence-electron chi connectivity index (χ2n) is 5.45. The number of carbonyl (C=O) groups is 2. The molecule has 0 unspecified atom stereocenters. The fourth-order valence-corrected chi connectivity index (χ4v) is 2.66. The van der Waals surface area contributed by atoms with Crippen molar-refractivity contribution >= 4 is 34.1 Å². The summed E-state index contributed by atoms with van der Waals surface area (Å²) in [4.78, 5) is 24.1. The quantitative estimate of drug-likeness (QED) is 0.599. The summed E-state index contributed by atoms with van der Waals surface area (Å²) >= 11 is 1.30. The van der Waals surface area contributed by atoms with Crippen molar-refractivity contribution < 1.29 is 9.59 Å². The molecule has 1 aromatic heterocycles. The van der Waals surface area contributed by atoms with Gasteiger partial charge in [-0.1, -0.05) is 24.3 Å². The van der Waals surface area contributed by atoms with Crippen molar-refractivity contribution in [1.82, 2.24) is 20.8 Å². The number of rotatable bonds is 7. The lowest BCUT2D eigenvalue weighted by Gasteiger charge is -2.11. The van der Waals surface area contributed by atoms with E-state index in [4.69, 9.17) is 5.73 Å². The molecule has 0 saturated carbocycles. The van der Waals surface area contributed by atoms with Gasteiger partial charge in [0.25, 0.3) is 5.91 Å². The monoisotopic (exact) mass is 362 g/mol. The number of nitrogen functional groups attached to an aromatic ring is 1. The van der Waals surface area contributed by atoms with E-state index in [9.17, 15) is 9.59 Å². The van der Waals surface area contributed by atoms with E-state index < -0.39 is 0 Å². The van der Waals surface area contributed by atoms with Gasteiger partial charge in [-0.15, -0.1) is 10.2 Å². The first-order chi connectivity index (χ1) is 12.0. The first-order valence-electron chi connectivity index (χ1n) is 8.01. The van der Waals surface area contributed by atoms with E-state index in [1.165, 1.54) is 11.3 Å². The molecular weight excluding hydrogens is 340 g/mol. The van der Waals surface area contributed by atoms with Crippen LogP contribution in [0.2, 0.25) is 0 Å². The van der Waals surface area contributed by atoms with Gasteiger partial charge < -0.3 is 21.7 Å². The summed E-state index contributed by atoms with van der Waals surface area (Å²) in [6.45, 7) is 4.89. The number of amides is 3. The molecule has 134 valence electrons. The number of aryl methyl sites for hydroxylation is 1. The van der Waals surface area contributed by atoms with Crippen molar-refractivity contribution in [3.8, 4) is 0 Å². The van der Waals surface area contributed by atoms with E-state index >= 15 is 0 Å². The van der Waals surface area contributed by atoms with Crippen molar-refractivity contribution in [3.63, 3.8) is 0 Å². The van der Waals surface area contributed by atoms with Crippen molar-refractivity contribution in [2.45, 2.75) is 26.7 Å². The molecule has 8 nitrogen and oxygen atoms in total. The van der Waals surface area contributed by atoms with Gasteiger partial charge in [-0.25, -0.2) is 4.79 Å². The molecule has 0 aliphatic carbocycles. The minimum Gasteiger partial charge on any atom is -0.374 e. The second kappa shape index (κ2) is 8.97. The third-order valence-electron chi connectivity index (χ3n) is 3.39. The summed E-state index contributed by atoms with van der Waals surface area (Å²) < 4.78 is 0. The lowest BCUT2D eigenvalue weighted by molar-refractivity contribution is 0.0953. The molecule has 0 fully saturated rings. The highest BCUT2D eigenvalue weighted by Gasteiger charge is 2.10. The number of carbonyl (C=O) groups excluding carboxylic acids is 2. The Hall–Kier alpha value is -2.68. The summed E-state index contributed by atoms with van der Waals surface area (Å²) in [7, 11) is 0. The Kier molecular flexibility index (Phi) is 6.70. The maximum absolute atomic E-state index is 12.0. The summed E-state index contributed by atoms with van der Waals surface area (Å²) in [6, 6.07) is 4.88. The van der Waals surface area contributed by atoms with Gasteiger partial charge >= 0.3 is 6.03 Å². The molecule has 3 amide bonds. The maximum Gasteiger partial charge on any atom is 0.319 e. The third-order valence-corrected chi connectivity index (χ3v) is 4.20. The Labute approximate surface area is 150 Å². The Morgan fingerprint density at radius 2 is 2.00 bits per heavy atom. The fourth-order valence-electron chi connectivity index (χ4n) is 2.06. The molecule has 0 bridgehead atoms. The molecule has 1 heterocycles. The Morgan fingerprint density at radius 3 is 2.68 bits per heavy atom. The Bertz CT molecular complexity index is 746. The number of benzene rings is 1. The molecule has 0 saturated heterocycles. The van der Waals surface area contributed by atoms with E-state index in [1.54, 1.807) is 18.2 Å². The molecule has 0 aliphatic rings. The first-order valence-corrected chi connectivity index (χ1v) is 8.82. The van der Waals surface area contributed by atoms with Gasteiger partial charge in [-0.2, -0.15) is 0 Å². The van der Waals surface area contributed by atoms with Crippen LogP contribution < -0.4 is 21.7 Å². The van der Waals surface area contributed by atoms with Crippen LogP contribution in [-0.2, 0) is 6.42 Å². The predicted molar refractivity (Wildman–Crippen MR) is 98.9 cm³/mol. The number of nitrogens with two attached hydrogens (primary N) is 1. The highest BCUT2D eigenvalue weighted by atomic mass is 32.1. The normalized spacial score (nSPS) is 10.3. The average Bonchev–Trinajstić information content (AvgIpc) is 3.00. The van der Waals surface area contributed by atoms with Gasteiger partial charge in [-0.05, 0) is 31.0 Å². The molecule has 25 heavy (non-hydrogen) atoms. The van der Waals surface area contributed by atoms with Gasteiger partial charge in [0.1, 0.15) is 5.01 Å². The maximum atomic E-state index is 12.0. The molecule has 5 N–H and O–H groups in total. The predicted octanol–water partition coefficient (Wildman–Crippen LogP) is 1.93. The van der Waals surface area contributed by atoms with E-state index in [-0.39, 0.29) is 11.9 Å². The van der Waals surface area contributed by atoms with E-state index in [0.717, 1.165) is 17.0 Å². The number of nitrogens with one attached hydrogen (secondary N) is 3. The van der Waals surface area contributed by atoms with Crippen LogP contribution in [-0.4, -0.2) is 35.2 Å². The van der Waals surface area contributed by atoms with E-state index in [2.05, 4.69) is 26.1 Å². The van der Waals surface area contributed by atoms with Crippen molar-refractivity contribution in [2.24, 2.45) is 0 Å². The topological polar surface area (TPSA) is 122 Å². The van der Waals surface area contributed by atoms with E-state index in [1.807, 2.05) is 13.8 Å². The Balaban J connectivity index is 1.89. The van der Waals surface area contributed by atoms with Gasteiger partial charge in [0.05, 0.1) is 0 Å². The van der Waals surface area contributed by atoms with Crippen LogP contribution in [0.1, 0.15) is 34.3 Å². The van der Waals surface area contributed by atoms with Gasteiger partial charge in [-0.3, -0.25) is 4.79 Å². The molecule has 1 aromatic carbocycles. The Morgan fingerprint density at radius 1 is 1.20 bits per heavy atom. The zero-order valence-corrected chi connectivity index (χ0v) is 15.1. The third kappa shape index (κ3) is 5.71. The van der Waals surface area contributed by atoms with Crippen molar-refractivity contribution in [2.75, 3.05) is 24.1 Å². The fraction of sp³-hybridized carbons (Fsp3) is 0.375. The van der Waals surface area contributed by atoms with Crippen LogP contribution in [0.15, 0.2) is 18.2 Å². The highest BCUT2D eigenvalue weighted by molar-refractivity contribution is 7.15. The van der Waals surface area contributed by atoms with Gasteiger partial charge in [0.15, 0.2) is 0 Å². The van der Waals surface area contributed by atoms with Crippen LogP contribution in [0.25, 0.3) is 0 Å². The molecule has 2 rings (SSSR count). The second-order valence-corrected chi connectivity index (χ2v) is 6.54. The number of aromatic nitrogens is 2. The number of urea groups is 1. The van der Waals surface area contributed by atoms with Crippen LogP contribution in [0.5, 0.6) is 0 Å². The van der Waals surface area contributed by atoms with Crippen LogP contribution in [0.3, 0.4) is 0 Å². The highest BCUT2D eigenvalue weighted by Crippen LogP contribution is 2.17. The minimum absolute atomic E-state index is 0.154. The van der Waals surface area contributed by atoms with Crippen LogP contribution in [0.4, 0.5) is 15.6 Å². The molecule has 9 heteroatoms. The number of hydrogen-bond donors (Lipinski definition) is 4. The average molecular weight is 362 g/mol. The molecule has 0 aliphatic heterocycles. The smallest absolute Gasteiger partial charge is 0.319 e. The lowest BCUT2D eigenvalue weighted by atomic mass is 10.1. The first kappa shape index (κ1) is 18.7. The minimum atomic E-state index is -0.341. The molecule has 2 aromatic rings. The summed E-state index contributed by atoms with van der Waals surface area (Å²) in [5, 5.41) is 17.1. The van der Waals surface area contributed by atoms with Crippen LogP contribution in [0, 0.1) is 6.92 Å². The molecule has 0 radical (unpaired) electrons. The number of anilines is 2. The van der Waals surface area contributed by atoms with E-state index in [0.29, 0.717) is 35.9 Å². The zero-order valence-electron chi connectivity index (χ0n) is 14.3.